The van der Waals surface area contributed by atoms with E-state index in [1.165, 1.54) is 12.3 Å². The van der Waals surface area contributed by atoms with Crippen molar-refractivity contribution < 1.29 is 13.9 Å². The number of nitrogens with zero attached hydrogens (tertiary/aromatic N) is 1. The number of pyridine rings is 1. The van der Waals surface area contributed by atoms with Crippen LogP contribution in [0.4, 0.5) is 10.1 Å². The van der Waals surface area contributed by atoms with Gasteiger partial charge in [0.25, 0.3) is 11.9 Å². The smallest absolute Gasteiger partial charge is 0.259 e. The Morgan fingerprint density at radius 3 is 2.30 bits per heavy atom. The van der Waals surface area contributed by atoms with Gasteiger partial charge in [-0.05, 0) is 30.3 Å². The van der Waals surface area contributed by atoms with Crippen molar-refractivity contribution >= 4 is 11.6 Å². The van der Waals surface area contributed by atoms with Gasteiger partial charge in [-0.15, -0.1) is 0 Å². The number of benzene rings is 2. The lowest BCUT2D eigenvalue weighted by Gasteiger charge is -2.11. The molecule has 1 N–H and O–H groups in total. The van der Waals surface area contributed by atoms with Crippen LogP contribution in [0.3, 0.4) is 0 Å². The molecule has 5 heteroatoms. The Morgan fingerprint density at radius 2 is 1.61 bits per heavy atom. The van der Waals surface area contributed by atoms with Crippen LogP contribution in [-0.2, 0) is 0 Å². The van der Waals surface area contributed by atoms with Crippen molar-refractivity contribution in [2.24, 2.45) is 0 Å². The Labute approximate surface area is 132 Å². The predicted octanol–water partition coefficient (Wildman–Crippen LogP) is 4.27. The van der Waals surface area contributed by atoms with Crippen LogP contribution < -0.4 is 10.1 Å². The maximum absolute atomic E-state index is 14.0. The zero-order valence-electron chi connectivity index (χ0n) is 12.1. The summed E-state index contributed by atoms with van der Waals surface area (Å²) in [6, 6.07) is 19.0. The van der Waals surface area contributed by atoms with Crippen LogP contribution in [0.15, 0.2) is 72.9 Å². The second-order valence-electron chi connectivity index (χ2n) is 4.71. The summed E-state index contributed by atoms with van der Waals surface area (Å²) in [6.45, 7) is 0. The Morgan fingerprint density at radius 1 is 0.957 bits per heavy atom. The molecular formula is C18H13FN2O2. The lowest BCUT2D eigenvalue weighted by Crippen LogP contribution is -2.14. The number of nitrogens with one attached hydrogen (secondary N) is 1. The van der Waals surface area contributed by atoms with Crippen LogP contribution in [-0.4, -0.2) is 10.9 Å². The number of amides is 1. The third-order valence-electron chi connectivity index (χ3n) is 3.10. The summed E-state index contributed by atoms with van der Waals surface area (Å²) in [4.78, 5) is 15.9. The van der Waals surface area contributed by atoms with E-state index in [4.69, 9.17) is 4.74 Å². The summed E-state index contributed by atoms with van der Waals surface area (Å²) < 4.78 is 19.5. The topological polar surface area (TPSA) is 51.2 Å². The highest BCUT2D eigenvalue weighted by atomic mass is 19.1. The molecule has 0 aliphatic carbocycles. The summed E-state index contributed by atoms with van der Waals surface area (Å²) in [5.74, 6) is -1.08. The second kappa shape index (κ2) is 6.70. The van der Waals surface area contributed by atoms with Gasteiger partial charge < -0.3 is 10.1 Å². The van der Waals surface area contributed by atoms with E-state index in [-0.39, 0.29) is 11.3 Å². The van der Waals surface area contributed by atoms with Crippen LogP contribution in [0.25, 0.3) is 0 Å². The highest BCUT2D eigenvalue weighted by Gasteiger charge is 2.18. The van der Waals surface area contributed by atoms with Gasteiger partial charge >= 0.3 is 0 Å². The maximum atomic E-state index is 14.0. The van der Waals surface area contributed by atoms with Gasteiger partial charge in [-0.1, -0.05) is 36.4 Å². The molecular weight excluding hydrogens is 295 g/mol. The van der Waals surface area contributed by atoms with E-state index in [0.717, 1.165) is 0 Å². The number of halogens is 1. The van der Waals surface area contributed by atoms with Crippen molar-refractivity contribution in [1.29, 1.82) is 0 Å². The Hall–Kier alpha value is -3.21. The fourth-order valence-electron chi connectivity index (χ4n) is 2.02. The molecule has 0 aliphatic rings. The highest BCUT2D eigenvalue weighted by Crippen LogP contribution is 2.27. The fourth-order valence-corrected chi connectivity index (χ4v) is 2.02. The number of aromatic nitrogens is 1. The average molecular weight is 308 g/mol. The second-order valence-corrected chi connectivity index (χ2v) is 4.71. The average Bonchev–Trinajstić information content (AvgIpc) is 2.58. The minimum Gasteiger partial charge on any atom is -0.452 e. The molecule has 0 atom stereocenters. The molecule has 114 valence electrons. The van der Waals surface area contributed by atoms with E-state index in [1.807, 2.05) is 12.1 Å². The molecule has 4 nitrogen and oxygen atoms in total. The van der Waals surface area contributed by atoms with Crippen LogP contribution in [0, 0.1) is 5.95 Å². The lowest BCUT2D eigenvalue weighted by molar-refractivity contribution is 0.102. The number of carbonyl (C=O) groups is 1. The van der Waals surface area contributed by atoms with E-state index < -0.39 is 11.9 Å². The number of anilines is 1. The summed E-state index contributed by atoms with van der Waals surface area (Å²) in [6.07, 6.45) is 1.23. The first-order valence-corrected chi connectivity index (χ1v) is 6.98. The molecule has 1 heterocycles. The van der Waals surface area contributed by atoms with Gasteiger partial charge in [0.1, 0.15) is 5.75 Å². The molecule has 3 rings (SSSR count). The minimum atomic E-state index is -0.838. The molecule has 0 bridgehead atoms. The number of rotatable bonds is 4. The van der Waals surface area contributed by atoms with Crippen LogP contribution in [0.2, 0.25) is 0 Å². The van der Waals surface area contributed by atoms with Gasteiger partial charge in [0.2, 0.25) is 0 Å². The monoisotopic (exact) mass is 308 g/mol. The maximum Gasteiger partial charge on any atom is 0.259 e. The van der Waals surface area contributed by atoms with Gasteiger partial charge in [-0.3, -0.25) is 4.79 Å². The van der Waals surface area contributed by atoms with Crippen molar-refractivity contribution in [3.05, 3.63) is 84.4 Å². The first-order valence-electron chi connectivity index (χ1n) is 6.98. The van der Waals surface area contributed by atoms with Gasteiger partial charge in [-0.25, -0.2) is 4.98 Å². The van der Waals surface area contributed by atoms with Gasteiger partial charge in [0.05, 0.1) is 5.56 Å². The molecule has 0 saturated carbocycles. The van der Waals surface area contributed by atoms with Crippen LogP contribution in [0.5, 0.6) is 11.5 Å². The molecule has 0 aliphatic heterocycles. The van der Waals surface area contributed by atoms with Crippen molar-refractivity contribution in [1.82, 2.24) is 4.98 Å². The lowest BCUT2D eigenvalue weighted by atomic mass is 10.2. The molecule has 2 aromatic carbocycles. The summed E-state index contributed by atoms with van der Waals surface area (Å²) in [5.41, 5.74) is 0.686. The predicted molar refractivity (Wildman–Crippen MR) is 85.1 cm³/mol. The molecule has 0 radical (unpaired) electrons. The normalized spacial score (nSPS) is 10.1. The van der Waals surface area contributed by atoms with Crippen LogP contribution >= 0.6 is 0 Å². The summed E-state index contributed by atoms with van der Waals surface area (Å²) in [5, 5.41) is 2.70. The SMILES string of the molecule is O=C(Nc1ccccc1)c1ccnc(F)c1Oc1ccccc1. The highest BCUT2D eigenvalue weighted by molar-refractivity contribution is 6.06. The Balaban J connectivity index is 1.90. The zero-order chi connectivity index (χ0) is 16.1. The van der Waals surface area contributed by atoms with Gasteiger partial charge in [0.15, 0.2) is 5.75 Å². The summed E-state index contributed by atoms with van der Waals surface area (Å²) in [7, 11) is 0. The largest absolute Gasteiger partial charge is 0.452 e. The van der Waals surface area contributed by atoms with E-state index in [9.17, 15) is 9.18 Å². The Bertz CT molecular complexity index is 808. The molecule has 3 aromatic rings. The number of ether oxygens (including phenoxy) is 1. The van der Waals surface area contributed by atoms with E-state index >= 15 is 0 Å². The van der Waals surface area contributed by atoms with Crippen molar-refractivity contribution in [3.63, 3.8) is 0 Å². The van der Waals surface area contributed by atoms with Crippen molar-refractivity contribution in [2.45, 2.75) is 0 Å². The van der Waals surface area contributed by atoms with Gasteiger partial charge in [0, 0.05) is 11.9 Å². The van der Waals surface area contributed by atoms with Crippen molar-refractivity contribution in [2.75, 3.05) is 5.32 Å². The molecule has 0 saturated heterocycles. The third-order valence-corrected chi connectivity index (χ3v) is 3.10. The third kappa shape index (κ3) is 3.52. The number of carbonyl (C=O) groups excluding carboxylic acids is 1. The molecule has 1 amide bonds. The van der Waals surface area contributed by atoms with Gasteiger partial charge in [-0.2, -0.15) is 4.39 Å². The first-order chi connectivity index (χ1) is 11.2. The first kappa shape index (κ1) is 14.7. The van der Waals surface area contributed by atoms with E-state index in [2.05, 4.69) is 10.3 Å². The zero-order valence-corrected chi connectivity index (χ0v) is 12.1. The quantitative estimate of drug-likeness (QED) is 0.732. The number of para-hydroxylation sites is 2. The molecule has 1 aromatic heterocycles. The molecule has 0 spiro atoms. The molecule has 23 heavy (non-hydrogen) atoms. The Kier molecular flexibility index (Phi) is 4.29. The minimum absolute atomic E-state index is 0.0743. The molecule has 0 unspecified atom stereocenters. The summed E-state index contributed by atoms with van der Waals surface area (Å²) >= 11 is 0. The standard InChI is InChI=1S/C18H13FN2O2/c19-17-16(23-14-9-5-2-6-10-14)15(11-12-20-17)18(22)21-13-7-3-1-4-8-13/h1-12H,(H,21,22). The number of hydrogen-bond acceptors (Lipinski definition) is 3. The van der Waals surface area contributed by atoms with Crippen LogP contribution in [0.1, 0.15) is 10.4 Å². The fraction of sp³-hybridized carbons (Fsp3) is 0. The van der Waals surface area contributed by atoms with E-state index in [1.54, 1.807) is 48.5 Å². The van der Waals surface area contributed by atoms with E-state index in [0.29, 0.717) is 11.4 Å². The number of hydrogen-bond donors (Lipinski definition) is 1. The molecule has 0 fully saturated rings. The van der Waals surface area contributed by atoms with Crippen molar-refractivity contribution in [3.8, 4) is 11.5 Å².